The van der Waals surface area contributed by atoms with E-state index in [4.69, 9.17) is 4.74 Å². The van der Waals surface area contributed by atoms with Crippen LogP contribution in [0.25, 0.3) is 0 Å². The van der Waals surface area contributed by atoms with E-state index in [0.717, 1.165) is 13.0 Å². The summed E-state index contributed by atoms with van der Waals surface area (Å²) in [7, 11) is 0. The molecule has 1 heterocycles. The predicted octanol–water partition coefficient (Wildman–Crippen LogP) is 3.36. The first-order valence-electron chi connectivity index (χ1n) is 6.08. The summed E-state index contributed by atoms with van der Waals surface area (Å²) in [6, 6.07) is 8.82. The molecule has 0 aromatic heterocycles. The van der Waals surface area contributed by atoms with Crippen molar-refractivity contribution in [2.24, 2.45) is 0 Å². The Kier molecular flexibility index (Phi) is 3.79. The largest absolute Gasteiger partial charge is 0.373 e. The van der Waals surface area contributed by atoms with Crippen molar-refractivity contribution in [3.8, 4) is 0 Å². The molecule has 82 valence electrons. The number of hydrogen-bond donors (Lipinski definition) is 0. The highest BCUT2D eigenvalue weighted by Gasteiger charge is 2.23. The second-order valence-corrected chi connectivity index (χ2v) is 4.39. The fraction of sp³-hybridized carbons (Fsp3) is 0.571. The second-order valence-electron chi connectivity index (χ2n) is 4.39. The van der Waals surface area contributed by atoms with Crippen LogP contribution < -0.4 is 0 Å². The average molecular weight is 204 g/mol. The van der Waals surface area contributed by atoms with Crippen molar-refractivity contribution in [2.45, 2.75) is 45.1 Å². The van der Waals surface area contributed by atoms with Crippen LogP contribution in [0.15, 0.2) is 24.3 Å². The van der Waals surface area contributed by atoms with Crippen molar-refractivity contribution in [1.82, 2.24) is 0 Å². The van der Waals surface area contributed by atoms with E-state index in [1.807, 2.05) is 0 Å². The SMILES string of the molecule is CCCCCc1ccccc1CC1CO1. The quantitative estimate of drug-likeness (QED) is 0.511. The fourth-order valence-corrected chi connectivity index (χ4v) is 2.00. The van der Waals surface area contributed by atoms with E-state index in [9.17, 15) is 0 Å². The van der Waals surface area contributed by atoms with Gasteiger partial charge in [0.15, 0.2) is 0 Å². The van der Waals surface area contributed by atoms with Gasteiger partial charge in [0.25, 0.3) is 0 Å². The monoisotopic (exact) mass is 204 g/mol. The number of rotatable bonds is 6. The minimum atomic E-state index is 0.511. The summed E-state index contributed by atoms with van der Waals surface area (Å²) in [5.74, 6) is 0. The van der Waals surface area contributed by atoms with Crippen LogP contribution in [0.4, 0.5) is 0 Å². The molecule has 0 radical (unpaired) electrons. The van der Waals surface area contributed by atoms with E-state index in [0.29, 0.717) is 6.10 Å². The lowest BCUT2D eigenvalue weighted by molar-refractivity contribution is 0.407. The highest BCUT2D eigenvalue weighted by Crippen LogP contribution is 2.20. The van der Waals surface area contributed by atoms with Gasteiger partial charge in [-0.25, -0.2) is 0 Å². The van der Waals surface area contributed by atoms with Gasteiger partial charge in [-0.05, 0) is 24.0 Å². The van der Waals surface area contributed by atoms with Gasteiger partial charge >= 0.3 is 0 Å². The molecule has 1 aliphatic heterocycles. The minimum absolute atomic E-state index is 0.511. The zero-order valence-electron chi connectivity index (χ0n) is 9.54. The first kappa shape index (κ1) is 10.7. The Morgan fingerprint density at radius 1 is 1.20 bits per heavy atom. The van der Waals surface area contributed by atoms with Gasteiger partial charge in [0.1, 0.15) is 0 Å². The van der Waals surface area contributed by atoms with Crippen molar-refractivity contribution in [2.75, 3.05) is 6.61 Å². The molecule has 1 fully saturated rings. The van der Waals surface area contributed by atoms with Crippen molar-refractivity contribution in [3.63, 3.8) is 0 Å². The lowest BCUT2D eigenvalue weighted by Gasteiger charge is -2.07. The summed E-state index contributed by atoms with van der Waals surface area (Å²) in [6.45, 7) is 3.22. The number of hydrogen-bond acceptors (Lipinski definition) is 1. The van der Waals surface area contributed by atoms with Crippen molar-refractivity contribution >= 4 is 0 Å². The molecular weight excluding hydrogens is 184 g/mol. The van der Waals surface area contributed by atoms with Gasteiger partial charge in [0.2, 0.25) is 0 Å². The zero-order valence-corrected chi connectivity index (χ0v) is 9.54. The highest BCUT2D eigenvalue weighted by molar-refractivity contribution is 5.28. The van der Waals surface area contributed by atoms with Crippen molar-refractivity contribution in [1.29, 1.82) is 0 Å². The van der Waals surface area contributed by atoms with E-state index in [-0.39, 0.29) is 0 Å². The number of ether oxygens (including phenoxy) is 1. The van der Waals surface area contributed by atoms with Gasteiger partial charge in [-0.15, -0.1) is 0 Å². The number of epoxide rings is 1. The summed E-state index contributed by atoms with van der Waals surface area (Å²) >= 11 is 0. The molecule has 0 N–H and O–H groups in total. The molecule has 1 nitrogen and oxygen atoms in total. The van der Waals surface area contributed by atoms with E-state index in [1.54, 1.807) is 0 Å². The third kappa shape index (κ3) is 3.35. The van der Waals surface area contributed by atoms with Crippen molar-refractivity contribution < 1.29 is 4.74 Å². The molecule has 0 spiro atoms. The highest BCUT2D eigenvalue weighted by atomic mass is 16.6. The number of unbranched alkanes of at least 4 members (excludes halogenated alkanes) is 2. The van der Waals surface area contributed by atoms with Gasteiger partial charge in [0, 0.05) is 6.42 Å². The van der Waals surface area contributed by atoms with Gasteiger partial charge in [-0.1, -0.05) is 44.0 Å². The fourth-order valence-electron chi connectivity index (χ4n) is 2.00. The van der Waals surface area contributed by atoms with E-state index in [1.165, 1.54) is 36.8 Å². The molecule has 0 aliphatic carbocycles. The third-order valence-corrected chi connectivity index (χ3v) is 3.02. The Labute approximate surface area is 92.5 Å². The summed E-state index contributed by atoms with van der Waals surface area (Å²) in [5.41, 5.74) is 3.03. The number of benzene rings is 1. The van der Waals surface area contributed by atoms with Crippen LogP contribution >= 0.6 is 0 Å². The second kappa shape index (κ2) is 5.32. The van der Waals surface area contributed by atoms with Crippen LogP contribution in [0.1, 0.15) is 37.3 Å². The first-order chi connectivity index (χ1) is 7.40. The van der Waals surface area contributed by atoms with Crippen molar-refractivity contribution in [3.05, 3.63) is 35.4 Å². The Morgan fingerprint density at radius 2 is 1.93 bits per heavy atom. The number of aryl methyl sites for hydroxylation is 1. The minimum Gasteiger partial charge on any atom is -0.373 e. The molecule has 2 rings (SSSR count). The van der Waals surface area contributed by atoms with Crippen LogP contribution in [0.5, 0.6) is 0 Å². The summed E-state index contributed by atoms with van der Waals surface area (Å²) in [6.07, 6.45) is 6.82. The van der Waals surface area contributed by atoms with Crippen LogP contribution in [0, 0.1) is 0 Å². The summed E-state index contributed by atoms with van der Waals surface area (Å²) in [4.78, 5) is 0. The van der Waals surface area contributed by atoms with Crippen LogP contribution in [-0.4, -0.2) is 12.7 Å². The molecule has 1 aromatic carbocycles. The van der Waals surface area contributed by atoms with Crippen LogP contribution in [0.3, 0.4) is 0 Å². The maximum absolute atomic E-state index is 5.29. The molecule has 1 aliphatic rings. The summed E-state index contributed by atoms with van der Waals surface area (Å²) < 4.78 is 5.29. The van der Waals surface area contributed by atoms with E-state index >= 15 is 0 Å². The molecule has 0 saturated carbocycles. The van der Waals surface area contributed by atoms with E-state index < -0.39 is 0 Å². The average Bonchev–Trinajstić information content (AvgIpc) is 3.05. The molecular formula is C14H20O. The van der Waals surface area contributed by atoms with Crippen LogP contribution in [0.2, 0.25) is 0 Å². The molecule has 15 heavy (non-hydrogen) atoms. The molecule has 1 aromatic rings. The van der Waals surface area contributed by atoms with Gasteiger partial charge in [0.05, 0.1) is 12.7 Å². The molecule has 0 amide bonds. The normalized spacial score (nSPS) is 19.1. The molecule has 1 unspecified atom stereocenters. The first-order valence-corrected chi connectivity index (χ1v) is 6.08. The van der Waals surface area contributed by atoms with Gasteiger partial charge < -0.3 is 4.74 Å². The summed E-state index contributed by atoms with van der Waals surface area (Å²) in [5, 5.41) is 0. The van der Waals surface area contributed by atoms with E-state index in [2.05, 4.69) is 31.2 Å². The lowest BCUT2D eigenvalue weighted by Crippen LogP contribution is -1.99. The Balaban J connectivity index is 1.93. The standard InChI is InChI=1S/C14H20O/c1-2-3-4-7-12-8-5-6-9-13(12)10-14-11-15-14/h5-6,8-9,14H,2-4,7,10-11H2,1H3. The van der Waals surface area contributed by atoms with Gasteiger partial charge in [-0.2, -0.15) is 0 Å². The third-order valence-electron chi connectivity index (χ3n) is 3.02. The predicted molar refractivity (Wildman–Crippen MR) is 63.1 cm³/mol. The zero-order chi connectivity index (χ0) is 10.5. The molecule has 1 saturated heterocycles. The topological polar surface area (TPSA) is 12.5 Å². The maximum Gasteiger partial charge on any atom is 0.0850 e. The van der Waals surface area contributed by atoms with Crippen LogP contribution in [-0.2, 0) is 17.6 Å². The molecule has 1 atom stereocenters. The molecule has 0 bridgehead atoms. The smallest absolute Gasteiger partial charge is 0.0850 e. The maximum atomic E-state index is 5.29. The Morgan fingerprint density at radius 3 is 2.60 bits per heavy atom. The Hall–Kier alpha value is -0.820. The molecule has 1 heteroatoms. The van der Waals surface area contributed by atoms with Gasteiger partial charge in [-0.3, -0.25) is 0 Å². The lowest BCUT2D eigenvalue weighted by atomic mass is 9.98. The Bertz CT molecular complexity index is 302.